The fourth-order valence-corrected chi connectivity index (χ4v) is 3.91. The Bertz CT molecular complexity index is 333. The van der Waals surface area contributed by atoms with Crippen LogP contribution in [0.1, 0.15) is 51.4 Å². The van der Waals surface area contributed by atoms with Gasteiger partial charge in [-0.1, -0.05) is 25.7 Å². The maximum absolute atomic E-state index is 11.8. The second kappa shape index (κ2) is 6.87. The van der Waals surface area contributed by atoms with Crippen molar-refractivity contribution in [1.29, 1.82) is 0 Å². The zero-order valence-electron chi connectivity index (χ0n) is 11.2. The summed E-state index contributed by atoms with van der Waals surface area (Å²) in [5.74, 6) is 1.04. The third-order valence-electron chi connectivity index (χ3n) is 4.25. The van der Waals surface area contributed by atoms with E-state index in [4.69, 9.17) is 0 Å². The van der Waals surface area contributed by atoms with Crippen LogP contribution in [0.4, 0.5) is 0 Å². The first-order chi connectivity index (χ1) is 8.66. The Balaban J connectivity index is 1.59. The highest BCUT2D eigenvalue weighted by Gasteiger charge is 2.19. The zero-order valence-corrected chi connectivity index (χ0v) is 12.0. The van der Waals surface area contributed by atoms with Crippen LogP contribution >= 0.6 is 0 Å². The summed E-state index contributed by atoms with van der Waals surface area (Å²) >= 11 is 0. The highest BCUT2D eigenvalue weighted by Crippen LogP contribution is 2.28. The van der Waals surface area contributed by atoms with Gasteiger partial charge in [-0.3, -0.25) is 0 Å². The molecule has 2 fully saturated rings. The Morgan fingerprint density at radius 3 is 2.50 bits per heavy atom. The highest BCUT2D eigenvalue weighted by molar-refractivity contribution is 7.89. The van der Waals surface area contributed by atoms with Gasteiger partial charge in [0.1, 0.15) is 0 Å². The standard InChI is InChI=1S/C13H26N2O2S/c16-18(17,15-10-7-12-4-3-5-12)11-8-13-6-1-2-9-14-13/h12-15H,1-11H2. The first-order valence-electron chi connectivity index (χ1n) is 7.36. The summed E-state index contributed by atoms with van der Waals surface area (Å²) < 4.78 is 26.4. The maximum Gasteiger partial charge on any atom is 0.211 e. The molecule has 1 aliphatic heterocycles. The summed E-state index contributed by atoms with van der Waals surface area (Å²) in [7, 11) is -3.05. The number of hydrogen-bond acceptors (Lipinski definition) is 3. The van der Waals surface area contributed by atoms with Crippen molar-refractivity contribution < 1.29 is 8.42 Å². The molecule has 1 aliphatic carbocycles. The molecule has 1 saturated heterocycles. The molecule has 5 heteroatoms. The van der Waals surface area contributed by atoms with E-state index >= 15 is 0 Å². The van der Waals surface area contributed by atoms with Crippen molar-refractivity contribution in [2.75, 3.05) is 18.8 Å². The van der Waals surface area contributed by atoms with Crippen LogP contribution in [0.15, 0.2) is 0 Å². The van der Waals surface area contributed by atoms with Gasteiger partial charge in [0, 0.05) is 12.6 Å². The van der Waals surface area contributed by atoms with E-state index < -0.39 is 10.0 Å². The average Bonchev–Trinajstić information content (AvgIpc) is 2.31. The van der Waals surface area contributed by atoms with Gasteiger partial charge in [-0.05, 0) is 38.1 Å². The van der Waals surface area contributed by atoms with Crippen molar-refractivity contribution >= 4 is 10.0 Å². The summed E-state index contributed by atoms with van der Waals surface area (Å²) in [4.78, 5) is 0. The van der Waals surface area contributed by atoms with Crippen LogP contribution in [0.5, 0.6) is 0 Å². The molecule has 0 radical (unpaired) electrons. The highest BCUT2D eigenvalue weighted by atomic mass is 32.2. The quantitative estimate of drug-likeness (QED) is 0.742. The van der Waals surface area contributed by atoms with E-state index in [1.54, 1.807) is 0 Å². The molecule has 1 heterocycles. The summed E-state index contributed by atoms with van der Waals surface area (Å²) in [5.41, 5.74) is 0. The second-order valence-corrected chi connectivity index (χ2v) is 7.66. The molecule has 0 aromatic rings. The van der Waals surface area contributed by atoms with Gasteiger partial charge in [0.2, 0.25) is 10.0 Å². The third-order valence-corrected chi connectivity index (χ3v) is 5.66. The lowest BCUT2D eigenvalue weighted by molar-refractivity contribution is 0.297. The Labute approximate surface area is 111 Å². The zero-order chi connectivity index (χ0) is 12.8. The molecule has 106 valence electrons. The molecule has 2 rings (SSSR count). The predicted molar refractivity (Wildman–Crippen MR) is 74.0 cm³/mol. The lowest BCUT2D eigenvalue weighted by Crippen LogP contribution is -2.37. The van der Waals surface area contributed by atoms with E-state index in [9.17, 15) is 8.42 Å². The van der Waals surface area contributed by atoms with Crippen molar-refractivity contribution in [3.8, 4) is 0 Å². The van der Waals surface area contributed by atoms with E-state index in [0.717, 1.165) is 31.7 Å². The second-order valence-electron chi connectivity index (χ2n) is 5.73. The van der Waals surface area contributed by atoms with E-state index in [1.807, 2.05) is 0 Å². The molecule has 0 aromatic heterocycles. The van der Waals surface area contributed by atoms with Gasteiger partial charge in [0.15, 0.2) is 0 Å². The molecule has 1 saturated carbocycles. The van der Waals surface area contributed by atoms with E-state index in [0.29, 0.717) is 12.6 Å². The lowest BCUT2D eigenvalue weighted by atomic mass is 9.83. The van der Waals surface area contributed by atoms with Crippen molar-refractivity contribution in [1.82, 2.24) is 10.0 Å². The molecule has 4 nitrogen and oxygen atoms in total. The monoisotopic (exact) mass is 274 g/mol. The molecule has 1 unspecified atom stereocenters. The summed E-state index contributed by atoms with van der Waals surface area (Å²) in [6.07, 6.45) is 9.24. The van der Waals surface area contributed by atoms with Crippen molar-refractivity contribution in [3.05, 3.63) is 0 Å². The van der Waals surface area contributed by atoms with Crippen molar-refractivity contribution in [2.24, 2.45) is 5.92 Å². The number of sulfonamides is 1. The topological polar surface area (TPSA) is 58.2 Å². The summed E-state index contributed by atoms with van der Waals surface area (Å²) in [5, 5.41) is 3.39. The Morgan fingerprint density at radius 1 is 1.06 bits per heavy atom. The van der Waals surface area contributed by atoms with Crippen LogP contribution in [-0.4, -0.2) is 33.3 Å². The third kappa shape index (κ3) is 4.86. The van der Waals surface area contributed by atoms with Crippen molar-refractivity contribution in [3.63, 3.8) is 0 Å². The number of rotatable bonds is 7. The van der Waals surface area contributed by atoms with Gasteiger partial charge in [0.25, 0.3) is 0 Å². The normalized spacial score (nSPS) is 25.9. The maximum atomic E-state index is 11.8. The van der Waals surface area contributed by atoms with Crippen LogP contribution in [0.2, 0.25) is 0 Å². The molecule has 2 N–H and O–H groups in total. The van der Waals surface area contributed by atoms with E-state index in [-0.39, 0.29) is 5.75 Å². The lowest BCUT2D eigenvalue weighted by Gasteiger charge is -2.25. The van der Waals surface area contributed by atoms with Crippen LogP contribution < -0.4 is 10.0 Å². The average molecular weight is 274 g/mol. The Hall–Kier alpha value is -0.130. The first kappa shape index (κ1) is 14.3. The molecule has 18 heavy (non-hydrogen) atoms. The van der Waals surface area contributed by atoms with Gasteiger partial charge >= 0.3 is 0 Å². The minimum absolute atomic E-state index is 0.273. The number of nitrogens with one attached hydrogen (secondary N) is 2. The van der Waals surface area contributed by atoms with E-state index in [1.165, 1.54) is 32.1 Å². The first-order valence-corrected chi connectivity index (χ1v) is 9.02. The van der Waals surface area contributed by atoms with Gasteiger partial charge < -0.3 is 5.32 Å². The largest absolute Gasteiger partial charge is 0.314 e. The fourth-order valence-electron chi connectivity index (χ4n) is 2.74. The fraction of sp³-hybridized carbons (Fsp3) is 1.00. The minimum atomic E-state index is -3.05. The van der Waals surface area contributed by atoms with Crippen LogP contribution in [-0.2, 0) is 10.0 Å². The van der Waals surface area contributed by atoms with Crippen LogP contribution in [0.3, 0.4) is 0 Å². The molecule has 0 aromatic carbocycles. The molecular weight excluding hydrogens is 248 g/mol. The van der Waals surface area contributed by atoms with Gasteiger partial charge in [-0.2, -0.15) is 0 Å². The molecule has 2 aliphatic rings. The Morgan fingerprint density at radius 2 is 1.89 bits per heavy atom. The Kier molecular flexibility index (Phi) is 5.45. The van der Waals surface area contributed by atoms with Crippen molar-refractivity contribution in [2.45, 2.75) is 57.4 Å². The van der Waals surface area contributed by atoms with E-state index in [2.05, 4.69) is 10.0 Å². The number of piperidine rings is 1. The minimum Gasteiger partial charge on any atom is -0.314 e. The van der Waals surface area contributed by atoms with Crippen LogP contribution in [0, 0.1) is 5.92 Å². The predicted octanol–water partition coefficient (Wildman–Crippen LogP) is 1.63. The van der Waals surface area contributed by atoms with Gasteiger partial charge in [0.05, 0.1) is 5.75 Å². The smallest absolute Gasteiger partial charge is 0.211 e. The summed E-state index contributed by atoms with van der Waals surface area (Å²) in [6.45, 7) is 1.67. The SMILES string of the molecule is O=S(=O)(CCC1CCCCN1)NCCC1CCC1. The van der Waals surface area contributed by atoms with Gasteiger partial charge in [-0.25, -0.2) is 13.1 Å². The number of hydrogen-bond donors (Lipinski definition) is 2. The molecule has 0 spiro atoms. The molecule has 0 amide bonds. The molecule has 0 bridgehead atoms. The molecule has 1 atom stereocenters. The molecular formula is C13H26N2O2S. The summed E-state index contributed by atoms with van der Waals surface area (Å²) in [6, 6.07) is 0.405. The van der Waals surface area contributed by atoms with Crippen LogP contribution in [0.25, 0.3) is 0 Å². The van der Waals surface area contributed by atoms with Gasteiger partial charge in [-0.15, -0.1) is 0 Å².